The number of benzene rings is 1. The summed E-state index contributed by atoms with van der Waals surface area (Å²) in [6, 6.07) is 8.09. The molecule has 0 saturated carbocycles. The van der Waals surface area contributed by atoms with E-state index in [4.69, 9.17) is 4.74 Å². The van der Waals surface area contributed by atoms with Crippen LogP contribution < -0.4 is 5.32 Å². The normalized spacial score (nSPS) is 10.0. The lowest BCUT2D eigenvalue weighted by Gasteiger charge is -2.05. The summed E-state index contributed by atoms with van der Waals surface area (Å²) in [6.07, 6.45) is 1.93. The molecule has 1 rings (SSSR count). The van der Waals surface area contributed by atoms with Gasteiger partial charge in [-0.25, -0.2) is 0 Å². The molecule has 0 unspecified atom stereocenters. The fourth-order valence-electron chi connectivity index (χ4n) is 1.74. The smallest absolute Gasteiger partial charge is 0.306 e. The van der Waals surface area contributed by atoms with Gasteiger partial charge in [0.1, 0.15) is 0 Å². The number of nitrogens with one attached hydrogen (secondary N) is 1. The summed E-state index contributed by atoms with van der Waals surface area (Å²) in [5.41, 5.74) is 2.30. The van der Waals surface area contributed by atoms with Crippen molar-refractivity contribution >= 4 is 11.9 Å². The quantitative estimate of drug-likeness (QED) is 0.764. The van der Waals surface area contributed by atoms with E-state index < -0.39 is 0 Å². The van der Waals surface area contributed by atoms with Crippen molar-refractivity contribution in [3.8, 4) is 0 Å². The van der Waals surface area contributed by atoms with Gasteiger partial charge in [0.25, 0.3) is 0 Å². The molecule has 4 nitrogen and oxygen atoms in total. The summed E-state index contributed by atoms with van der Waals surface area (Å²) in [4.78, 5) is 22.0. The highest BCUT2D eigenvalue weighted by Crippen LogP contribution is 2.07. The van der Waals surface area contributed by atoms with Crippen LogP contribution in [0.2, 0.25) is 0 Å². The van der Waals surface area contributed by atoms with Gasteiger partial charge in [0.15, 0.2) is 0 Å². The van der Waals surface area contributed by atoms with E-state index in [0.29, 0.717) is 26.0 Å². The standard InChI is InChI=1S/C15H21NO3/c1-3-19-15(18)9-8-13-4-6-14(7-5-13)10-11-16-12(2)17/h4-7H,3,8-11H2,1-2H3,(H,16,17). The van der Waals surface area contributed by atoms with Crippen molar-refractivity contribution in [2.24, 2.45) is 0 Å². The first-order valence-corrected chi connectivity index (χ1v) is 6.59. The van der Waals surface area contributed by atoms with Crippen LogP contribution in [0.4, 0.5) is 0 Å². The molecule has 0 radical (unpaired) electrons. The Bertz CT molecular complexity index is 412. The molecule has 0 aliphatic carbocycles. The van der Waals surface area contributed by atoms with Crippen molar-refractivity contribution in [2.45, 2.75) is 33.1 Å². The number of esters is 1. The Hall–Kier alpha value is -1.84. The largest absolute Gasteiger partial charge is 0.466 e. The first kappa shape index (κ1) is 15.2. The third-order valence-corrected chi connectivity index (χ3v) is 2.73. The van der Waals surface area contributed by atoms with Crippen LogP contribution in [0.5, 0.6) is 0 Å². The molecule has 0 heterocycles. The number of hydrogen-bond acceptors (Lipinski definition) is 3. The second kappa shape index (κ2) is 8.29. The molecule has 0 aliphatic heterocycles. The fraction of sp³-hybridized carbons (Fsp3) is 0.467. The Labute approximate surface area is 114 Å². The molecule has 1 N–H and O–H groups in total. The molecular formula is C15H21NO3. The van der Waals surface area contributed by atoms with Gasteiger partial charge in [-0.1, -0.05) is 24.3 Å². The van der Waals surface area contributed by atoms with E-state index in [1.807, 2.05) is 31.2 Å². The average molecular weight is 263 g/mol. The minimum Gasteiger partial charge on any atom is -0.466 e. The lowest BCUT2D eigenvalue weighted by molar-refractivity contribution is -0.143. The number of aryl methyl sites for hydroxylation is 1. The predicted octanol–water partition coefficient (Wildman–Crippen LogP) is 1.86. The molecule has 0 bridgehead atoms. The maximum atomic E-state index is 11.2. The highest BCUT2D eigenvalue weighted by atomic mass is 16.5. The molecule has 0 spiro atoms. The summed E-state index contributed by atoms with van der Waals surface area (Å²) in [5.74, 6) is -0.164. The second-order valence-electron chi connectivity index (χ2n) is 4.35. The van der Waals surface area contributed by atoms with Crippen molar-refractivity contribution in [1.82, 2.24) is 5.32 Å². The van der Waals surface area contributed by atoms with Crippen molar-refractivity contribution in [1.29, 1.82) is 0 Å². The van der Waals surface area contributed by atoms with E-state index in [1.54, 1.807) is 0 Å². The summed E-state index contributed by atoms with van der Waals surface area (Å²) in [6.45, 7) is 4.40. The number of ether oxygens (including phenoxy) is 1. The molecule has 4 heteroatoms. The van der Waals surface area contributed by atoms with Gasteiger partial charge in [0, 0.05) is 19.9 Å². The third kappa shape index (κ3) is 6.60. The summed E-state index contributed by atoms with van der Waals surface area (Å²) in [7, 11) is 0. The van der Waals surface area contributed by atoms with E-state index in [1.165, 1.54) is 12.5 Å². The molecule has 1 amide bonds. The van der Waals surface area contributed by atoms with Crippen LogP contribution >= 0.6 is 0 Å². The summed E-state index contributed by atoms with van der Waals surface area (Å²) < 4.78 is 4.88. The highest BCUT2D eigenvalue weighted by Gasteiger charge is 2.02. The second-order valence-corrected chi connectivity index (χ2v) is 4.35. The van der Waals surface area contributed by atoms with Crippen LogP contribution in [0.25, 0.3) is 0 Å². The van der Waals surface area contributed by atoms with Gasteiger partial charge in [-0.3, -0.25) is 9.59 Å². The lowest BCUT2D eigenvalue weighted by atomic mass is 10.1. The molecule has 0 atom stereocenters. The maximum absolute atomic E-state index is 11.2. The zero-order chi connectivity index (χ0) is 14.1. The SMILES string of the molecule is CCOC(=O)CCc1ccc(CCNC(C)=O)cc1. The van der Waals surface area contributed by atoms with Crippen LogP contribution in [0, 0.1) is 0 Å². The zero-order valence-electron chi connectivity index (χ0n) is 11.6. The van der Waals surface area contributed by atoms with Gasteiger partial charge in [-0.05, 0) is 30.9 Å². The van der Waals surface area contributed by atoms with Crippen molar-refractivity contribution in [2.75, 3.05) is 13.2 Å². The van der Waals surface area contributed by atoms with Crippen molar-refractivity contribution in [3.63, 3.8) is 0 Å². The third-order valence-electron chi connectivity index (χ3n) is 2.73. The monoisotopic (exact) mass is 263 g/mol. The minimum atomic E-state index is -0.155. The molecular weight excluding hydrogens is 242 g/mol. The van der Waals surface area contributed by atoms with Crippen LogP contribution in [-0.4, -0.2) is 25.0 Å². The topological polar surface area (TPSA) is 55.4 Å². The van der Waals surface area contributed by atoms with Crippen LogP contribution in [0.3, 0.4) is 0 Å². The minimum absolute atomic E-state index is 0.00828. The van der Waals surface area contributed by atoms with E-state index in [2.05, 4.69) is 5.32 Å². The summed E-state index contributed by atoms with van der Waals surface area (Å²) in [5, 5.41) is 2.76. The molecule has 0 fully saturated rings. The van der Waals surface area contributed by atoms with Crippen molar-refractivity contribution in [3.05, 3.63) is 35.4 Å². The summed E-state index contributed by atoms with van der Waals surface area (Å²) >= 11 is 0. The molecule has 0 saturated heterocycles. The number of hydrogen-bond donors (Lipinski definition) is 1. The number of carbonyl (C=O) groups excluding carboxylic acids is 2. The van der Waals surface area contributed by atoms with Gasteiger partial charge in [0.05, 0.1) is 6.61 Å². The molecule has 104 valence electrons. The maximum Gasteiger partial charge on any atom is 0.306 e. The Kier molecular flexibility index (Phi) is 6.64. The molecule has 19 heavy (non-hydrogen) atoms. The highest BCUT2D eigenvalue weighted by molar-refractivity contribution is 5.72. The Morgan fingerprint density at radius 2 is 1.68 bits per heavy atom. The van der Waals surface area contributed by atoms with Gasteiger partial charge in [-0.2, -0.15) is 0 Å². The van der Waals surface area contributed by atoms with Gasteiger partial charge >= 0.3 is 5.97 Å². The van der Waals surface area contributed by atoms with E-state index in [0.717, 1.165) is 12.0 Å². The molecule has 1 aromatic carbocycles. The number of rotatable bonds is 7. The van der Waals surface area contributed by atoms with Crippen LogP contribution in [0.1, 0.15) is 31.4 Å². The van der Waals surface area contributed by atoms with Gasteiger partial charge < -0.3 is 10.1 Å². The number of amides is 1. The van der Waals surface area contributed by atoms with Gasteiger partial charge in [0.2, 0.25) is 5.91 Å². The zero-order valence-corrected chi connectivity index (χ0v) is 11.6. The van der Waals surface area contributed by atoms with E-state index in [-0.39, 0.29) is 11.9 Å². The number of carbonyl (C=O) groups is 2. The molecule has 0 aromatic heterocycles. The van der Waals surface area contributed by atoms with Crippen LogP contribution in [-0.2, 0) is 27.2 Å². The van der Waals surface area contributed by atoms with Gasteiger partial charge in [-0.15, -0.1) is 0 Å². The Balaban J connectivity index is 2.34. The molecule has 0 aliphatic rings. The molecule has 1 aromatic rings. The van der Waals surface area contributed by atoms with E-state index in [9.17, 15) is 9.59 Å². The average Bonchev–Trinajstić information content (AvgIpc) is 2.38. The lowest BCUT2D eigenvalue weighted by Crippen LogP contribution is -2.22. The first-order valence-electron chi connectivity index (χ1n) is 6.59. The van der Waals surface area contributed by atoms with Crippen molar-refractivity contribution < 1.29 is 14.3 Å². The Morgan fingerprint density at radius 1 is 1.11 bits per heavy atom. The van der Waals surface area contributed by atoms with Crippen LogP contribution in [0.15, 0.2) is 24.3 Å². The Morgan fingerprint density at radius 3 is 2.21 bits per heavy atom. The van der Waals surface area contributed by atoms with E-state index >= 15 is 0 Å². The predicted molar refractivity (Wildman–Crippen MR) is 73.8 cm³/mol. The fourth-order valence-corrected chi connectivity index (χ4v) is 1.74. The first-order chi connectivity index (χ1) is 9.11.